The van der Waals surface area contributed by atoms with Crippen LogP contribution in [0.3, 0.4) is 0 Å². The molecule has 0 aliphatic rings. The minimum atomic E-state index is -0.878. The summed E-state index contributed by atoms with van der Waals surface area (Å²) in [6.45, 7) is 3.56. The first-order valence-electron chi connectivity index (χ1n) is 7.64. The van der Waals surface area contributed by atoms with Crippen molar-refractivity contribution in [2.24, 2.45) is 0 Å². The molecule has 0 aliphatic heterocycles. The number of hydrogen-bond acceptors (Lipinski definition) is 5. The number of ether oxygens (including phenoxy) is 1. The third kappa shape index (κ3) is 5.13. The molecule has 130 valence electrons. The molecule has 2 aromatic rings. The highest BCUT2D eigenvalue weighted by molar-refractivity contribution is 5.97. The van der Waals surface area contributed by atoms with Crippen LogP contribution in [-0.2, 0) is 16.1 Å². The number of nitrogens with zero attached hydrogens (tertiary/aromatic N) is 1. The lowest BCUT2D eigenvalue weighted by molar-refractivity contribution is -0.384. The third-order valence-electron chi connectivity index (χ3n) is 3.52. The van der Waals surface area contributed by atoms with E-state index in [1.165, 1.54) is 25.1 Å². The summed E-state index contributed by atoms with van der Waals surface area (Å²) >= 11 is 0. The Morgan fingerprint density at radius 2 is 1.88 bits per heavy atom. The number of nitro groups is 1. The molecule has 0 saturated carbocycles. The van der Waals surface area contributed by atoms with Crippen LogP contribution in [0, 0.1) is 17.0 Å². The number of non-ortho nitro benzene ring substituents is 1. The number of carbonyl (C=O) groups excluding carboxylic acids is 2. The summed E-state index contributed by atoms with van der Waals surface area (Å²) < 4.78 is 5.17. The second-order valence-electron chi connectivity index (χ2n) is 5.60. The number of esters is 1. The first-order chi connectivity index (χ1) is 11.9. The predicted octanol–water partition coefficient (Wildman–Crippen LogP) is 2.76. The van der Waals surface area contributed by atoms with Crippen LogP contribution in [0.1, 0.15) is 28.4 Å². The summed E-state index contributed by atoms with van der Waals surface area (Å²) in [5.74, 6) is -1.16. The van der Waals surface area contributed by atoms with E-state index in [1.54, 1.807) is 0 Å². The van der Waals surface area contributed by atoms with Gasteiger partial charge < -0.3 is 10.1 Å². The summed E-state index contributed by atoms with van der Waals surface area (Å²) in [7, 11) is 0. The van der Waals surface area contributed by atoms with E-state index in [2.05, 4.69) is 5.32 Å². The van der Waals surface area contributed by atoms with Crippen molar-refractivity contribution in [1.29, 1.82) is 0 Å². The Morgan fingerprint density at radius 3 is 2.52 bits per heavy atom. The maximum absolute atomic E-state index is 12.1. The molecule has 0 heterocycles. The zero-order valence-electron chi connectivity index (χ0n) is 13.9. The quantitative estimate of drug-likeness (QED) is 0.494. The molecule has 1 atom stereocenters. The minimum absolute atomic E-state index is 0.104. The largest absolute Gasteiger partial charge is 0.459 e. The van der Waals surface area contributed by atoms with Gasteiger partial charge in [0.1, 0.15) is 12.6 Å². The lowest BCUT2D eigenvalue weighted by Gasteiger charge is -2.13. The predicted molar refractivity (Wildman–Crippen MR) is 91.0 cm³/mol. The van der Waals surface area contributed by atoms with Gasteiger partial charge in [-0.3, -0.25) is 14.9 Å². The standard InChI is InChI=1S/C18H18N2O5/c1-12-6-8-14(9-7-12)11-25-18(22)13(2)19-17(21)15-4-3-5-16(10-15)20(23)24/h3-10,13H,11H2,1-2H3,(H,19,21)/t13-/m0/s1. The fourth-order valence-corrected chi connectivity index (χ4v) is 2.06. The molecule has 1 N–H and O–H groups in total. The van der Waals surface area contributed by atoms with Gasteiger partial charge in [0.05, 0.1) is 4.92 Å². The summed E-state index contributed by atoms with van der Waals surface area (Å²) in [4.78, 5) is 34.2. The average molecular weight is 342 g/mol. The molecule has 0 aliphatic carbocycles. The highest BCUT2D eigenvalue weighted by Gasteiger charge is 2.19. The zero-order chi connectivity index (χ0) is 18.4. The normalized spacial score (nSPS) is 11.4. The Kier molecular flexibility index (Phi) is 5.84. The molecule has 7 nitrogen and oxygen atoms in total. The van der Waals surface area contributed by atoms with Crippen LogP contribution >= 0.6 is 0 Å². The van der Waals surface area contributed by atoms with Gasteiger partial charge in [0, 0.05) is 17.7 Å². The van der Waals surface area contributed by atoms with Crippen LogP contribution in [0.25, 0.3) is 0 Å². The summed E-state index contributed by atoms with van der Waals surface area (Å²) in [5, 5.41) is 13.2. The molecular weight excluding hydrogens is 324 g/mol. The molecule has 0 radical (unpaired) electrons. The number of rotatable bonds is 6. The van der Waals surface area contributed by atoms with E-state index in [9.17, 15) is 19.7 Å². The molecule has 0 spiro atoms. The summed E-state index contributed by atoms with van der Waals surface area (Å²) in [6, 6.07) is 11.9. The van der Waals surface area contributed by atoms with Crippen molar-refractivity contribution in [3.63, 3.8) is 0 Å². The SMILES string of the molecule is Cc1ccc(COC(=O)[C@H](C)NC(=O)c2cccc([N+](=O)[O-])c2)cc1. The van der Waals surface area contributed by atoms with Crippen LogP contribution in [0.2, 0.25) is 0 Å². The lowest BCUT2D eigenvalue weighted by Crippen LogP contribution is -2.39. The molecule has 0 saturated heterocycles. The molecular formula is C18H18N2O5. The number of nitrogens with one attached hydrogen (secondary N) is 1. The fourth-order valence-electron chi connectivity index (χ4n) is 2.06. The van der Waals surface area contributed by atoms with Crippen LogP contribution in [0.5, 0.6) is 0 Å². The van der Waals surface area contributed by atoms with E-state index in [-0.39, 0.29) is 17.9 Å². The van der Waals surface area contributed by atoms with Crippen molar-refractivity contribution in [3.8, 4) is 0 Å². The van der Waals surface area contributed by atoms with Crippen molar-refractivity contribution in [3.05, 3.63) is 75.3 Å². The minimum Gasteiger partial charge on any atom is -0.459 e. The van der Waals surface area contributed by atoms with E-state index in [4.69, 9.17) is 4.74 Å². The molecule has 0 bridgehead atoms. The van der Waals surface area contributed by atoms with Crippen molar-refractivity contribution in [2.75, 3.05) is 0 Å². The molecule has 1 amide bonds. The third-order valence-corrected chi connectivity index (χ3v) is 3.52. The zero-order valence-corrected chi connectivity index (χ0v) is 13.9. The number of aryl methyl sites for hydroxylation is 1. The highest BCUT2D eigenvalue weighted by Crippen LogP contribution is 2.13. The van der Waals surface area contributed by atoms with Gasteiger partial charge in [-0.1, -0.05) is 35.9 Å². The molecule has 0 aromatic heterocycles. The number of amides is 1. The van der Waals surface area contributed by atoms with E-state index in [1.807, 2.05) is 31.2 Å². The Hall–Kier alpha value is -3.22. The van der Waals surface area contributed by atoms with Gasteiger partial charge >= 0.3 is 5.97 Å². The fraction of sp³-hybridized carbons (Fsp3) is 0.222. The van der Waals surface area contributed by atoms with Crippen molar-refractivity contribution >= 4 is 17.6 Å². The average Bonchev–Trinajstić information content (AvgIpc) is 2.60. The first kappa shape index (κ1) is 18.1. The van der Waals surface area contributed by atoms with E-state index in [0.717, 1.165) is 17.2 Å². The van der Waals surface area contributed by atoms with E-state index >= 15 is 0 Å². The van der Waals surface area contributed by atoms with Gasteiger partial charge in [-0.2, -0.15) is 0 Å². The van der Waals surface area contributed by atoms with Gasteiger partial charge in [0.2, 0.25) is 0 Å². The van der Waals surface area contributed by atoms with Crippen LogP contribution in [0.15, 0.2) is 48.5 Å². The van der Waals surface area contributed by atoms with Crippen molar-refractivity contribution in [1.82, 2.24) is 5.32 Å². The summed E-state index contributed by atoms with van der Waals surface area (Å²) in [6.07, 6.45) is 0. The van der Waals surface area contributed by atoms with Crippen LogP contribution < -0.4 is 5.32 Å². The second-order valence-corrected chi connectivity index (χ2v) is 5.60. The van der Waals surface area contributed by atoms with Crippen LogP contribution in [-0.4, -0.2) is 22.8 Å². The topological polar surface area (TPSA) is 98.5 Å². The number of nitro benzene ring substituents is 1. The molecule has 0 unspecified atom stereocenters. The maximum Gasteiger partial charge on any atom is 0.328 e. The monoisotopic (exact) mass is 342 g/mol. The first-order valence-corrected chi connectivity index (χ1v) is 7.64. The Morgan fingerprint density at radius 1 is 1.20 bits per heavy atom. The molecule has 2 aromatic carbocycles. The van der Waals surface area contributed by atoms with Crippen molar-refractivity contribution < 1.29 is 19.2 Å². The van der Waals surface area contributed by atoms with E-state index < -0.39 is 22.8 Å². The number of hydrogen-bond donors (Lipinski definition) is 1. The van der Waals surface area contributed by atoms with Crippen LogP contribution in [0.4, 0.5) is 5.69 Å². The number of carbonyl (C=O) groups is 2. The smallest absolute Gasteiger partial charge is 0.328 e. The van der Waals surface area contributed by atoms with Gasteiger partial charge in [0.15, 0.2) is 0 Å². The van der Waals surface area contributed by atoms with Gasteiger partial charge in [-0.25, -0.2) is 4.79 Å². The van der Waals surface area contributed by atoms with Gasteiger partial charge in [-0.05, 0) is 25.5 Å². The molecule has 25 heavy (non-hydrogen) atoms. The lowest BCUT2D eigenvalue weighted by atomic mass is 10.1. The Bertz CT molecular complexity index is 786. The van der Waals surface area contributed by atoms with E-state index in [0.29, 0.717) is 0 Å². The molecule has 7 heteroatoms. The van der Waals surface area contributed by atoms with Crippen molar-refractivity contribution in [2.45, 2.75) is 26.5 Å². The molecule has 2 rings (SSSR count). The second kappa shape index (κ2) is 8.05. The van der Waals surface area contributed by atoms with Gasteiger partial charge in [0.25, 0.3) is 11.6 Å². The number of benzene rings is 2. The summed E-state index contributed by atoms with van der Waals surface area (Å²) in [5.41, 5.74) is 1.86. The molecule has 0 fully saturated rings. The van der Waals surface area contributed by atoms with Gasteiger partial charge in [-0.15, -0.1) is 0 Å². The maximum atomic E-state index is 12.1. The Balaban J connectivity index is 1.91. The highest BCUT2D eigenvalue weighted by atomic mass is 16.6. The Labute approximate surface area is 144 Å².